The van der Waals surface area contributed by atoms with Gasteiger partial charge in [0.2, 0.25) is 0 Å². The van der Waals surface area contributed by atoms with Crippen molar-refractivity contribution in [2.75, 3.05) is 0 Å². The fourth-order valence-electron chi connectivity index (χ4n) is 2.49. The van der Waals surface area contributed by atoms with Gasteiger partial charge in [-0.1, -0.05) is 13.3 Å². The topological polar surface area (TPSA) is 84.2 Å². The van der Waals surface area contributed by atoms with Gasteiger partial charge in [0.05, 0.1) is 5.54 Å². The van der Waals surface area contributed by atoms with Crippen LogP contribution in [0.2, 0.25) is 0 Å². The highest BCUT2D eigenvalue weighted by Gasteiger charge is 2.33. The zero-order valence-corrected chi connectivity index (χ0v) is 13.7. The molecule has 22 heavy (non-hydrogen) atoms. The molecule has 2 N–H and O–H groups in total. The minimum absolute atomic E-state index is 0.202. The Hall–Kier alpha value is -1.85. The number of nitrogens with one attached hydrogen (secondary N) is 1. The van der Waals surface area contributed by atoms with Crippen LogP contribution in [0.1, 0.15) is 75.5 Å². The van der Waals surface area contributed by atoms with E-state index in [-0.39, 0.29) is 5.54 Å². The monoisotopic (exact) mass is 307 g/mol. The van der Waals surface area contributed by atoms with Gasteiger partial charge in [0.15, 0.2) is 0 Å². The summed E-state index contributed by atoms with van der Waals surface area (Å²) in [5.74, 6) is -0.946. The van der Waals surface area contributed by atoms with Gasteiger partial charge in [-0.2, -0.15) is 5.10 Å². The molecule has 6 heteroatoms. The van der Waals surface area contributed by atoms with Crippen molar-refractivity contribution >= 4 is 11.9 Å². The maximum absolute atomic E-state index is 12.3. The van der Waals surface area contributed by atoms with E-state index in [0.29, 0.717) is 24.5 Å². The smallest absolute Gasteiger partial charge is 0.326 e. The minimum atomic E-state index is -1.01. The second kappa shape index (κ2) is 6.10. The van der Waals surface area contributed by atoms with E-state index in [2.05, 4.69) is 10.4 Å². The van der Waals surface area contributed by atoms with Crippen LogP contribution in [0.15, 0.2) is 6.07 Å². The zero-order valence-electron chi connectivity index (χ0n) is 13.7. The lowest BCUT2D eigenvalue weighted by atomic mass is 10.1. The molecule has 1 saturated carbocycles. The Balaban J connectivity index is 2.21. The van der Waals surface area contributed by atoms with E-state index in [9.17, 15) is 9.59 Å². The number of aromatic nitrogens is 2. The van der Waals surface area contributed by atoms with E-state index < -0.39 is 17.9 Å². The van der Waals surface area contributed by atoms with Gasteiger partial charge in [0, 0.05) is 11.6 Å². The van der Waals surface area contributed by atoms with Crippen LogP contribution < -0.4 is 5.32 Å². The molecule has 1 amide bonds. The number of carboxylic acids is 1. The first-order valence-electron chi connectivity index (χ1n) is 7.88. The summed E-state index contributed by atoms with van der Waals surface area (Å²) in [5.41, 5.74) is 1.17. The summed E-state index contributed by atoms with van der Waals surface area (Å²) in [5, 5.41) is 16.1. The molecular formula is C16H25N3O3. The van der Waals surface area contributed by atoms with Crippen LogP contribution in [-0.2, 0) is 10.3 Å². The SMILES string of the molecule is CCCC(NC(=O)c1cc(C2CC2)n(C(C)(C)C)n1)C(=O)O. The van der Waals surface area contributed by atoms with E-state index in [4.69, 9.17) is 5.11 Å². The fraction of sp³-hybridized carbons (Fsp3) is 0.688. The average Bonchev–Trinajstić information content (AvgIpc) is 3.15. The lowest BCUT2D eigenvalue weighted by molar-refractivity contribution is -0.139. The number of carbonyl (C=O) groups is 2. The van der Waals surface area contributed by atoms with Gasteiger partial charge in [-0.25, -0.2) is 4.79 Å². The number of hydrogen-bond donors (Lipinski definition) is 2. The molecule has 0 spiro atoms. The summed E-state index contributed by atoms with van der Waals surface area (Å²) in [7, 11) is 0. The Bertz CT molecular complexity index is 568. The molecule has 1 unspecified atom stereocenters. The van der Waals surface area contributed by atoms with Gasteiger partial charge in [0.25, 0.3) is 5.91 Å². The molecular weight excluding hydrogens is 282 g/mol. The summed E-state index contributed by atoms with van der Waals surface area (Å²) in [6.45, 7) is 8.03. The van der Waals surface area contributed by atoms with Crippen LogP contribution in [0.25, 0.3) is 0 Å². The quantitative estimate of drug-likeness (QED) is 0.845. The summed E-state index contributed by atoms with van der Waals surface area (Å²) >= 11 is 0. The molecule has 0 bridgehead atoms. The highest BCUT2D eigenvalue weighted by molar-refractivity contribution is 5.95. The first kappa shape index (κ1) is 16.5. The van der Waals surface area contributed by atoms with Gasteiger partial charge >= 0.3 is 5.97 Å². The van der Waals surface area contributed by atoms with Gasteiger partial charge in [-0.05, 0) is 46.1 Å². The normalized spacial score (nSPS) is 16.4. The Morgan fingerprint density at radius 1 is 1.45 bits per heavy atom. The molecule has 1 heterocycles. The lowest BCUT2D eigenvalue weighted by Gasteiger charge is -2.22. The van der Waals surface area contributed by atoms with E-state index in [0.717, 1.165) is 18.5 Å². The summed E-state index contributed by atoms with van der Waals surface area (Å²) < 4.78 is 1.90. The first-order valence-corrected chi connectivity index (χ1v) is 7.88. The number of carboxylic acid groups (broad SMARTS) is 1. The predicted octanol–water partition coefficient (Wildman–Crippen LogP) is 2.50. The molecule has 1 aliphatic carbocycles. The van der Waals surface area contributed by atoms with Crippen molar-refractivity contribution in [3.63, 3.8) is 0 Å². The third kappa shape index (κ3) is 3.67. The fourth-order valence-corrected chi connectivity index (χ4v) is 2.49. The Kier molecular flexibility index (Phi) is 4.58. The van der Waals surface area contributed by atoms with Gasteiger partial charge in [-0.3, -0.25) is 9.48 Å². The van der Waals surface area contributed by atoms with Crippen LogP contribution in [-0.4, -0.2) is 32.8 Å². The average molecular weight is 307 g/mol. The molecule has 1 aliphatic rings. The van der Waals surface area contributed by atoms with Crippen molar-refractivity contribution in [3.8, 4) is 0 Å². The number of carbonyl (C=O) groups excluding carboxylic acids is 1. The molecule has 0 saturated heterocycles. The van der Waals surface area contributed by atoms with Crippen molar-refractivity contribution in [1.82, 2.24) is 15.1 Å². The Labute approximate surface area is 130 Å². The van der Waals surface area contributed by atoms with E-state index in [1.807, 2.05) is 38.4 Å². The lowest BCUT2D eigenvalue weighted by Crippen LogP contribution is -2.41. The summed E-state index contributed by atoms with van der Waals surface area (Å²) in [6.07, 6.45) is 3.35. The van der Waals surface area contributed by atoms with Crippen LogP contribution in [0.4, 0.5) is 0 Å². The second-order valence-corrected chi connectivity index (χ2v) is 6.96. The molecule has 1 fully saturated rings. The van der Waals surface area contributed by atoms with E-state index in [1.165, 1.54) is 0 Å². The van der Waals surface area contributed by atoms with Crippen molar-refractivity contribution in [2.24, 2.45) is 0 Å². The molecule has 1 aromatic heterocycles. The molecule has 122 valence electrons. The van der Waals surface area contributed by atoms with Crippen LogP contribution in [0.5, 0.6) is 0 Å². The number of aliphatic carboxylic acids is 1. The first-order chi connectivity index (χ1) is 10.2. The Morgan fingerprint density at radius 3 is 2.55 bits per heavy atom. The molecule has 1 atom stereocenters. The molecule has 0 aromatic carbocycles. The number of nitrogens with zero attached hydrogens (tertiary/aromatic N) is 2. The highest BCUT2D eigenvalue weighted by Crippen LogP contribution is 2.41. The van der Waals surface area contributed by atoms with E-state index in [1.54, 1.807) is 0 Å². The number of amides is 1. The van der Waals surface area contributed by atoms with Crippen LogP contribution in [0, 0.1) is 0 Å². The number of hydrogen-bond acceptors (Lipinski definition) is 3. The third-order valence-corrected chi connectivity index (χ3v) is 3.78. The zero-order chi connectivity index (χ0) is 16.5. The molecule has 2 rings (SSSR count). The van der Waals surface area contributed by atoms with Crippen LogP contribution >= 0.6 is 0 Å². The summed E-state index contributed by atoms with van der Waals surface area (Å²) in [4.78, 5) is 23.5. The molecule has 6 nitrogen and oxygen atoms in total. The maximum atomic E-state index is 12.3. The molecule has 0 aliphatic heterocycles. The van der Waals surface area contributed by atoms with Crippen molar-refractivity contribution in [3.05, 3.63) is 17.5 Å². The van der Waals surface area contributed by atoms with Crippen molar-refractivity contribution in [1.29, 1.82) is 0 Å². The largest absolute Gasteiger partial charge is 0.480 e. The highest BCUT2D eigenvalue weighted by atomic mass is 16.4. The van der Waals surface area contributed by atoms with Crippen molar-refractivity contribution in [2.45, 2.75) is 70.9 Å². The van der Waals surface area contributed by atoms with Gasteiger partial charge in [0.1, 0.15) is 11.7 Å². The maximum Gasteiger partial charge on any atom is 0.326 e. The van der Waals surface area contributed by atoms with Gasteiger partial charge < -0.3 is 10.4 Å². The standard InChI is InChI=1S/C16H25N3O3/c1-5-6-11(15(21)22)17-14(20)12-9-13(10-7-8-10)19(18-12)16(2,3)4/h9-11H,5-8H2,1-4H3,(H,17,20)(H,21,22). The second-order valence-electron chi connectivity index (χ2n) is 6.96. The van der Waals surface area contributed by atoms with Crippen LogP contribution in [0.3, 0.4) is 0 Å². The molecule has 1 aromatic rings. The van der Waals surface area contributed by atoms with Crippen molar-refractivity contribution < 1.29 is 14.7 Å². The van der Waals surface area contributed by atoms with E-state index >= 15 is 0 Å². The Morgan fingerprint density at radius 2 is 2.09 bits per heavy atom. The van der Waals surface area contributed by atoms with Gasteiger partial charge in [-0.15, -0.1) is 0 Å². The summed E-state index contributed by atoms with van der Waals surface area (Å²) in [6, 6.07) is 0.949. The predicted molar refractivity (Wildman–Crippen MR) is 83.0 cm³/mol. The number of rotatable bonds is 6. The molecule has 0 radical (unpaired) electrons. The third-order valence-electron chi connectivity index (χ3n) is 3.78. The minimum Gasteiger partial charge on any atom is -0.480 e.